The summed E-state index contributed by atoms with van der Waals surface area (Å²) in [4.78, 5) is 0. The zero-order valence-corrected chi connectivity index (χ0v) is 11.0. The maximum absolute atomic E-state index is 12.9. The summed E-state index contributed by atoms with van der Waals surface area (Å²) in [6, 6.07) is 4.87. The van der Waals surface area contributed by atoms with E-state index in [2.05, 4.69) is 35.1 Å². The predicted molar refractivity (Wildman–Crippen MR) is 65.5 cm³/mol. The van der Waals surface area contributed by atoms with Crippen molar-refractivity contribution < 1.29 is 4.39 Å². The van der Waals surface area contributed by atoms with Crippen LogP contribution in [0.25, 0.3) is 0 Å². The van der Waals surface area contributed by atoms with Crippen molar-refractivity contribution in [3.05, 3.63) is 34.1 Å². The van der Waals surface area contributed by atoms with E-state index in [4.69, 9.17) is 0 Å². The van der Waals surface area contributed by atoms with Crippen LogP contribution >= 0.6 is 15.9 Å². The van der Waals surface area contributed by atoms with Crippen molar-refractivity contribution in [2.24, 2.45) is 5.41 Å². The molecule has 3 heteroatoms. The van der Waals surface area contributed by atoms with Crippen LogP contribution in [0.4, 0.5) is 4.39 Å². The minimum atomic E-state index is -0.197. The fourth-order valence-corrected chi connectivity index (χ4v) is 2.21. The molecule has 0 saturated heterocycles. The smallest absolute Gasteiger partial charge is 0.124 e. The minimum Gasteiger partial charge on any atom is -0.319 e. The van der Waals surface area contributed by atoms with Gasteiger partial charge in [-0.25, -0.2) is 4.39 Å². The third-order valence-corrected chi connectivity index (χ3v) is 3.08. The zero-order valence-electron chi connectivity index (χ0n) is 9.40. The van der Waals surface area contributed by atoms with Gasteiger partial charge in [0, 0.05) is 11.0 Å². The van der Waals surface area contributed by atoms with Crippen LogP contribution in [0.2, 0.25) is 0 Å². The van der Waals surface area contributed by atoms with Crippen LogP contribution in [0, 0.1) is 11.2 Å². The van der Waals surface area contributed by atoms with E-state index in [0.29, 0.717) is 0 Å². The highest BCUT2D eigenvalue weighted by Gasteiger charge is 2.18. The SMILES string of the molecule is CNCC(C)(C)Cc1ccc(F)cc1Br. The molecule has 0 aliphatic heterocycles. The quantitative estimate of drug-likeness (QED) is 0.887. The molecule has 0 saturated carbocycles. The van der Waals surface area contributed by atoms with Crippen molar-refractivity contribution in [3.8, 4) is 0 Å². The number of halogens is 2. The Kier molecular flexibility index (Phi) is 4.29. The molecule has 0 aliphatic carbocycles. The average molecular weight is 274 g/mol. The van der Waals surface area contributed by atoms with E-state index in [1.54, 1.807) is 0 Å². The molecule has 0 aromatic heterocycles. The van der Waals surface area contributed by atoms with E-state index in [9.17, 15) is 4.39 Å². The van der Waals surface area contributed by atoms with Crippen LogP contribution in [-0.4, -0.2) is 13.6 Å². The van der Waals surface area contributed by atoms with Crippen molar-refractivity contribution in [1.82, 2.24) is 5.32 Å². The molecule has 1 N–H and O–H groups in total. The van der Waals surface area contributed by atoms with Gasteiger partial charge in [0.1, 0.15) is 5.82 Å². The molecule has 15 heavy (non-hydrogen) atoms. The van der Waals surface area contributed by atoms with Crippen molar-refractivity contribution >= 4 is 15.9 Å². The first-order chi connectivity index (χ1) is 6.94. The number of rotatable bonds is 4. The van der Waals surface area contributed by atoms with Gasteiger partial charge in [-0.15, -0.1) is 0 Å². The standard InChI is InChI=1S/C12H17BrFN/c1-12(2,8-15-3)7-9-4-5-10(14)6-11(9)13/h4-6,15H,7-8H2,1-3H3. The van der Waals surface area contributed by atoms with Gasteiger partial charge in [-0.05, 0) is 36.6 Å². The normalized spacial score (nSPS) is 11.8. The fourth-order valence-electron chi connectivity index (χ4n) is 1.72. The first-order valence-electron chi connectivity index (χ1n) is 5.03. The first-order valence-corrected chi connectivity index (χ1v) is 5.82. The van der Waals surface area contributed by atoms with Gasteiger partial charge in [0.15, 0.2) is 0 Å². The van der Waals surface area contributed by atoms with Gasteiger partial charge in [-0.1, -0.05) is 35.8 Å². The van der Waals surface area contributed by atoms with Gasteiger partial charge in [0.25, 0.3) is 0 Å². The summed E-state index contributed by atoms with van der Waals surface area (Å²) in [5.41, 5.74) is 1.33. The van der Waals surface area contributed by atoms with Crippen LogP contribution in [-0.2, 0) is 6.42 Å². The second-order valence-electron chi connectivity index (χ2n) is 4.61. The molecule has 0 bridgehead atoms. The molecular weight excluding hydrogens is 257 g/mol. The molecule has 1 aromatic rings. The van der Waals surface area contributed by atoms with Crippen LogP contribution in [0.5, 0.6) is 0 Å². The van der Waals surface area contributed by atoms with E-state index in [1.165, 1.54) is 12.1 Å². The molecule has 0 radical (unpaired) electrons. The minimum absolute atomic E-state index is 0.176. The monoisotopic (exact) mass is 273 g/mol. The van der Waals surface area contributed by atoms with Crippen LogP contribution in [0.3, 0.4) is 0 Å². The summed E-state index contributed by atoms with van der Waals surface area (Å²) in [6.45, 7) is 5.33. The molecular formula is C12H17BrFN. The number of nitrogens with one attached hydrogen (secondary N) is 1. The maximum atomic E-state index is 12.9. The molecule has 0 atom stereocenters. The van der Waals surface area contributed by atoms with Gasteiger partial charge in [0.05, 0.1) is 0 Å². The van der Waals surface area contributed by atoms with E-state index >= 15 is 0 Å². The Morgan fingerprint density at radius 1 is 1.40 bits per heavy atom. The van der Waals surface area contributed by atoms with Gasteiger partial charge >= 0.3 is 0 Å². The number of hydrogen-bond acceptors (Lipinski definition) is 1. The molecule has 0 fully saturated rings. The lowest BCUT2D eigenvalue weighted by Crippen LogP contribution is -2.28. The van der Waals surface area contributed by atoms with Gasteiger partial charge < -0.3 is 5.32 Å². The second kappa shape index (κ2) is 5.08. The highest BCUT2D eigenvalue weighted by atomic mass is 79.9. The van der Waals surface area contributed by atoms with E-state index in [-0.39, 0.29) is 11.2 Å². The number of hydrogen-bond donors (Lipinski definition) is 1. The van der Waals surface area contributed by atoms with Crippen LogP contribution in [0.1, 0.15) is 19.4 Å². The number of benzene rings is 1. The summed E-state index contributed by atoms with van der Waals surface area (Å²) in [6.07, 6.45) is 0.925. The van der Waals surface area contributed by atoms with Gasteiger partial charge in [0.2, 0.25) is 0 Å². The molecule has 84 valence electrons. The van der Waals surface area contributed by atoms with Crippen LogP contribution in [0.15, 0.2) is 22.7 Å². The third-order valence-electron chi connectivity index (χ3n) is 2.34. The summed E-state index contributed by atoms with van der Waals surface area (Å²) < 4.78 is 13.7. The van der Waals surface area contributed by atoms with Gasteiger partial charge in [-0.3, -0.25) is 0 Å². The lowest BCUT2D eigenvalue weighted by atomic mass is 9.86. The fraction of sp³-hybridized carbons (Fsp3) is 0.500. The third kappa shape index (κ3) is 3.92. The molecule has 1 aromatic carbocycles. The van der Waals surface area contributed by atoms with Crippen molar-refractivity contribution in [3.63, 3.8) is 0 Å². The zero-order chi connectivity index (χ0) is 11.5. The van der Waals surface area contributed by atoms with E-state index in [1.807, 2.05) is 13.1 Å². The Labute approximate surface area is 99.2 Å². The average Bonchev–Trinajstić information content (AvgIpc) is 2.09. The molecule has 0 heterocycles. The Morgan fingerprint density at radius 2 is 2.07 bits per heavy atom. The van der Waals surface area contributed by atoms with Crippen molar-refractivity contribution in [1.29, 1.82) is 0 Å². The highest BCUT2D eigenvalue weighted by molar-refractivity contribution is 9.10. The predicted octanol–water partition coefficient (Wildman–Crippen LogP) is 3.38. The highest BCUT2D eigenvalue weighted by Crippen LogP contribution is 2.26. The Balaban J connectivity index is 2.80. The lowest BCUT2D eigenvalue weighted by molar-refractivity contribution is 0.349. The lowest BCUT2D eigenvalue weighted by Gasteiger charge is -2.24. The maximum Gasteiger partial charge on any atom is 0.124 e. The summed E-state index contributed by atoms with van der Waals surface area (Å²) >= 11 is 3.39. The van der Waals surface area contributed by atoms with E-state index < -0.39 is 0 Å². The molecule has 0 aliphatic rings. The Morgan fingerprint density at radius 3 is 2.60 bits per heavy atom. The van der Waals surface area contributed by atoms with Gasteiger partial charge in [-0.2, -0.15) is 0 Å². The molecule has 0 unspecified atom stereocenters. The molecule has 1 nitrogen and oxygen atoms in total. The van der Waals surface area contributed by atoms with Crippen molar-refractivity contribution in [2.75, 3.05) is 13.6 Å². The summed E-state index contributed by atoms with van der Waals surface area (Å²) in [5, 5.41) is 3.17. The summed E-state index contributed by atoms with van der Waals surface area (Å²) in [5.74, 6) is -0.197. The van der Waals surface area contributed by atoms with Crippen LogP contribution < -0.4 is 5.32 Å². The Hall–Kier alpha value is -0.410. The molecule has 1 rings (SSSR count). The van der Waals surface area contributed by atoms with Crippen molar-refractivity contribution in [2.45, 2.75) is 20.3 Å². The summed E-state index contributed by atoms with van der Waals surface area (Å²) in [7, 11) is 1.95. The largest absolute Gasteiger partial charge is 0.319 e. The molecule has 0 spiro atoms. The first kappa shape index (κ1) is 12.7. The second-order valence-corrected chi connectivity index (χ2v) is 5.46. The van der Waals surface area contributed by atoms with E-state index in [0.717, 1.165) is 23.0 Å². The molecule has 0 amide bonds. The Bertz CT molecular complexity index is 336. The topological polar surface area (TPSA) is 12.0 Å².